The van der Waals surface area contributed by atoms with Crippen LogP contribution < -0.4 is 5.32 Å². The predicted octanol–water partition coefficient (Wildman–Crippen LogP) is 4.63. The minimum atomic E-state index is -4.79. The third-order valence-electron chi connectivity index (χ3n) is 5.45. The summed E-state index contributed by atoms with van der Waals surface area (Å²) < 4.78 is 79.9. The van der Waals surface area contributed by atoms with E-state index >= 15 is 0 Å². The van der Waals surface area contributed by atoms with Crippen LogP contribution in [0.2, 0.25) is 0 Å². The summed E-state index contributed by atoms with van der Waals surface area (Å²) in [5, 5.41) is 25.4. The standard InChI is InChI=1S/C20H19F6N5O/c21-19(22,23)10-11-9-12(20(24,25)26)5-6-13(11)17-15-7-8-27-31(15)18(30-29-17)28-14-3-1-2-4-16(14)32/h5-9,14,16,32H,1-4,10H2,(H,28,30)/t14-,16-/m1/s1. The van der Waals surface area contributed by atoms with E-state index in [2.05, 4.69) is 20.6 Å². The zero-order valence-electron chi connectivity index (χ0n) is 16.6. The molecule has 0 amide bonds. The second-order valence-electron chi connectivity index (χ2n) is 7.76. The number of nitrogens with one attached hydrogen (secondary N) is 1. The van der Waals surface area contributed by atoms with E-state index in [1.54, 1.807) is 0 Å². The van der Waals surface area contributed by atoms with E-state index in [4.69, 9.17) is 0 Å². The van der Waals surface area contributed by atoms with Gasteiger partial charge in [-0.3, -0.25) is 0 Å². The van der Waals surface area contributed by atoms with E-state index in [-0.39, 0.29) is 28.8 Å². The molecule has 1 saturated carbocycles. The normalized spacial score (nSPS) is 20.0. The lowest BCUT2D eigenvalue weighted by Crippen LogP contribution is -2.37. The number of halogens is 6. The maximum Gasteiger partial charge on any atom is 0.416 e. The fraction of sp³-hybridized carbons (Fsp3) is 0.450. The van der Waals surface area contributed by atoms with E-state index < -0.39 is 36.0 Å². The fourth-order valence-corrected chi connectivity index (χ4v) is 3.93. The molecule has 0 radical (unpaired) electrons. The van der Waals surface area contributed by atoms with Gasteiger partial charge in [0, 0.05) is 5.56 Å². The van der Waals surface area contributed by atoms with Gasteiger partial charge in [-0.25, -0.2) is 0 Å². The van der Waals surface area contributed by atoms with Crippen LogP contribution in [-0.4, -0.2) is 43.2 Å². The average Bonchev–Trinajstić information content (AvgIpc) is 3.19. The number of rotatable bonds is 4. The topological polar surface area (TPSA) is 75.3 Å². The van der Waals surface area contributed by atoms with Crippen LogP contribution in [0.25, 0.3) is 16.8 Å². The second kappa shape index (κ2) is 8.23. The SMILES string of the molecule is O[C@@H]1CCCC[C@H]1Nc1nnc(-c2ccc(C(F)(F)F)cc2CC(F)(F)F)c2ccnn12. The van der Waals surface area contributed by atoms with Gasteiger partial charge in [0.2, 0.25) is 5.95 Å². The second-order valence-corrected chi connectivity index (χ2v) is 7.76. The van der Waals surface area contributed by atoms with Crippen molar-refractivity contribution < 1.29 is 31.4 Å². The summed E-state index contributed by atoms with van der Waals surface area (Å²) in [6.45, 7) is 0. The molecule has 1 fully saturated rings. The van der Waals surface area contributed by atoms with Crippen molar-refractivity contribution in [1.82, 2.24) is 19.8 Å². The molecule has 1 aromatic carbocycles. The molecule has 0 saturated heterocycles. The van der Waals surface area contributed by atoms with Crippen molar-refractivity contribution in [2.24, 2.45) is 0 Å². The van der Waals surface area contributed by atoms with Crippen LogP contribution in [0.4, 0.5) is 32.3 Å². The molecule has 2 atom stereocenters. The summed E-state index contributed by atoms with van der Waals surface area (Å²) in [4.78, 5) is 0. The first-order valence-corrected chi connectivity index (χ1v) is 9.95. The van der Waals surface area contributed by atoms with Gasteiger partial charge in [0.25, 0.3) is 0 Å². The van der Waals surface area contributed by atoms with E-state index in [0.717, 1.165) is 18.9 Å². The lowest BCUT2D eigenvalue weighted by atomic mass is 9.93. The molecular weight excluding hydrogens is 440 g/mol. The minimum absolute atomic E-state index is 0.0229. The Hall–Kier alpha value is -2.89. The number of anilines is 1. The smallest absolute Gasteiger partial charge is 0.391 e. The van der Waals surface area contributed by atoms with Crippen LogP contribution >= 0.6 is 0 Å². The molecular formula is C20H19F6N5O. The summed E-state index contributed by atoms with van der Waals surface area (Å²) in [6, 6.07) is 3.37. The Morgan fingerprint density at radius 3 is 2.47 bits per heavy atom. The van der Waals surface area contributed by atoms with Gasteiger partial charge in [-0.1, -0.05) is 18.9 Å². The van der Waals surface area contributed by atoms with Gasteiger partial charge < -0.3 is 10.4 Å². The summed E-state index contributed by atoms with van der Waals surface area (Å²) in [5.41, 5.74) is -1.60. The van der Waals surface area contributed by atoms with Gasteiger partial charge in [-0.05, 0) is 36.6 Å². The molecule has 0 aliphatic heterocycles. The van der Waals surface area contributed by atoms with Gasteiger partial charge in [0.1, 0.15) is 5.69 Å². The van der Waals surface area contributed by atoms with Crippen LogP contribution in [0, 0.1) is 0 Å². The third-order valence-corrected chi connectivity index (χ3v) is 5.45. The highest BCUT2D eigenvalue weighted by Crippen LogP contribution is 2.36. The molecule has 1 aliphatic rings. The zero-order chi connectivity index (χ0) is 23.1. The average molecular weight is 459 g/mol. The highest BCUT2D eigenvalue weighted by Gasteiger charge is 2.35. The Kier molecular flexibility index (Phi) is 5.74. The van der Waals surface area contributed by atoms with Crippen molar-refractivity contribution in [2.45, 2.75) is 56.6 Å². The molecule has 12 heteroatoms. The third kappa shape index (κ3) is 4.64. The first-order valence-electron chi connectivity index (χ1n) is 9.95. The highest BCUT2D eigenvalue weighted by molar-refractivity contribution is 5.79. The Morgan fingerprint density at radius 2 is 1.78 bits per heavy atom. The Balaban J connectivity index is 1.77. The number of aliphatic hydroxyl groups excluding tert-OH is 1. The van der Waals surface area contributed by atoms with E-state index in [0.29, 0.717) is 25.0 Å². The molecule has 2 N–H and O–H groups in total. The van der Waals surface area contributed by atoms with Crippen molar-refractivity contribution in [3.05, 3.63) is 41.6 Å². The fourth-order valence-electron chi connectivity index (χ4n) is 3.93. The Morgan fingerprint density at radius 1 is 1.03 bits per heavy atom. The predicted molar refractivity (Wildman–Crippen MR) is 103 cm³/mol. The van der Waals surface area contributed by atoms with Crippen LogP contribution in [0.15, 0.2) is 30.5 Å². The Labute approximate surface area is 178 Å². The van der Waals surface area contributed by atoms with E-state index in [1.807, 2.05) is 0 Å². The first-order chi connectivity index (χ1) is 15.0. The maximum absolute atomic E-state index is 13.1. The van der Waals surface area contributed by atoms with E-state index in [9.17, 15) is 31.4 Å². The minimum Gasteiger partial charge on any atom is -0.391 e. The molecule has 2 aromatic heterocycles. The van der Waals surface area contributed by atoms with Gasteiger partial charge in [-0.2, -0.15) is 36.0 Å². The highest BCUT2D eigenvalue weighted by atomic mass is 19.4. The van der Waals surface area contributed by atoms with Crippen LogP contribution in [-0.2, 0) is 12.6 Å². The summed E-state index contributed by atoms with van der Waals surface area (Å²) in [5.74, 6) is 0.184. The van der Waals surface area contributed by atoms with Crippen LogP contribution in [0.1, 0.15) is 36.8 Å². The van der Waals surface area contributed by atoms with Crippen molar-refractivity contribution in [2.75, 3.05) is 5.32 Å². The lowest BCUT2D eigenvalue weighted by molar-refractivity contribution is -0.138. The number of aromatic nitrogens is 4. The number of hydrogen-bond acceptors (Lipinski definition) is 5. The van der Waals surface area contributed by atoms with Crippen molar-refractivity contribution in [1.29, 1.82) is 0 Å². The van der Waals surface area contributed by atoms with Crippen molar-refractivity contribution in [3.63, 3.8) is 0 Å². The molecule has 0 spiro atoms. The number of nitrogens with zero attached hydrogens (tertiary/aromatic N) is 4. The van der Waals surface area contributed by atoms with Gasteiger partial charge in [0.15, 0.2) is 0 Å². The van der Waals surface area contributed by atoms with Gasteiger partial charge in [0.05, 0.1) is 35.8 Å². The molecule has 172 valence electrons. The monoisotopic (exact) mass is 459 g/mol. The molecule has 4 rings (SSSR count). The van der Waals surface area contributed by atoms with Gasteiger partial charge >= 0.3 is 12.4 Å². The summed E-state index contributed by atoms with van der Waals surface area (Å²) >= 11 is 0. The summed E-state index contributed by atoms with van der Waals surface area (Å²) in [6.07, 6.45) is -7.14. The summed E-state index contributed by atoms with van der Waals surface area (Å²) in [7, 11) is 0. The van der Waals surface area contributed by atoms with Crippen molar-refractivity contribution in [3.8, 4) is 11.3 Å². The quantitative estimate of drug-likeness (QED) is 0.557. The molecule has 1 aliphatic carbocycles. The van der Waals surface area contributed by atoms with E-state index in [1.165, 1.54) is 16.8 Å². The lowest BCUT2D eigenvalue weighted by Gasteiger charge is -2.28. The van der Waals surface area contributed by atoms with Gasteiger partial charge in [-0.15, -0.1) is 10.2 Å². The number of aliphatic hydroxyl groups is 1. The largest absolute Gasteiger partial charge is 0.416 e. The van der Waals surface area contributed by atoms with Crippen molar-refractivity contribution >= 4 is 11.5 Å². The first kappa shape index (κ1) is 22.3. The molecule has 0 unspecified atom stereocenters. The number of hydrogen-bond donors (Lipinski definition) is 2. The number of alkyl halides is 6. The molecule has 2 heterocycles. The molecule has 3 aromatic rings. The molecule has 0 bridgehead atoms. The molecule has 32 heavy (non-hydrogen) atoms. The zero-order valence-corrected chi connectivity index (χ0v) is 16.6. The van der Waals surface area contributed by atoms with Crippen LogP contribution in [0.5, 0.6) is 0 Å². The Bertz CT molecular complexity index is 1110. The maximum atomic E-state index is 13.1. The van der Waals surface area contributed by atoms with Crippen LogP contribution in [0.3, 0.4) is 0 Å². The number of benzene rings is 1. The number of fused-ring (bicyclic) bond motifs is 1. The molecule has 6 nitrogen and oxygen atoms in total.